The monoisotopic (exact) mass is 228 g/mol. The average Bonchev–Trinajstić information content (AvgIpc) is 2.66. The van der Waals surface area contributed by atoms with Crippen molar-refractivity contribution in [3.8, 4) is 0 Å². The van der Waals surface area contributed by atoms with Crippen molar-refractivity contribution in [1.29, 1.82) is 0 Å². The first kappa shape index (κ1) is 11.1. The largest absolute Gasteiger partial charge is 0.453 e. The van der Waals surface area contributed by atoms with Crippen molar-refractivity contribution in [2.45, 2.75) is 6.54 Å². The summed E-state index contributed by atoms with van der Waals surface area (Å²) < 4.78 is 4.83. The minimum absolute atomic E-state index is 0.173. The second-order valence-electron chi connectivity index (χ2n) is 3.45. The van der Waals surface area contributed by atoms with Crippen LogP contribution in [0, 0.1) is 0 Å². The van der Waals surface area contributed by atoms with Crippen LogP contribution in [0.4, 0.5) is 0 Å². The molecule has 0 unspecified atom stereocenters. The fraction of sp³-hybridized carbons (Fsp3) is 0.0769. The predicted molar refractivity (Wildman–Crippen MR) is 65.1 cm³/mol. The van der Waals surface area contributed by atoms with E-state index >= 15 is 0 Å². The summed E-state index contributed by atoms with van der Waals surface area (Å²) in [6.45, 7) is 0.495. The van der Waals surface area contributed by atoms with Gasteiger partial charge < -0.3 is 10.1 Å². The van der Waals surface area contributed by atoms with Gasteiger partial charge in [0, 0.05) is 12.7 Å². The van der Waals surface area contributed by atoms with E-state index in [0.29, 0.717) is 12.1 Å². The van der Waals surface area contributed by atoms with Crippen molar-refractivity contribution in [3.63, 3.8) is 0 Å². The Morgan fingerprint density at radius 2 is 2.12 bits per heavy atom. The lowest BCUT2D eigenvalue weighted by atomic mass is 10.2. The molecule has 1 aliphatic rings. The molecule has 17 heavy (non-hydrogen) atoms. The summed E-state index contributed by atoms with van der Waals surface area (Å²) in [5.74, 6) is -0.173. The van der Waals surface area contributed by atoms with Crippen LogP contribution >= 0.6 is 0 Å². The molecule has 4 nitrogen and oxygen atoms in total. The van der Waals surface area contributed by atoms with Crippen LogP contribution in [0.15, 0.2) is 59.4 Å². The number of nitrogens with one attached hydrogen (secondary N) is 1. The number of nitrogens with zero attached hydrogens (tertiary/aromatic N) is 1. The Labute approximate surface area is 99.3 Å². The third kappa shape index (κ3) is 3.31. The van der Waals surface area contributed by atoms with Crippen molar-refractivity contribution >= 4 is 12.3 Å². The highest BCUT2D eigenvalue weighted by molar-refractivity contribution is 5.96. The molecular weight excluding hydrogens is 216 g/mol. The van der Waals surface area contributed by atoms with E-state index in [9.17, 15) is 4.79 Å². The fourth-order valence-corrected chi connectivity index (χ4v) is 1.35. The summed E-state index contributed by atoms with van der Waals surface area (Å²) in [4.78, 5) is 15.6. The van der Waals surface area contributed by atoms with Gasteiger partial charge in [-0.1, -0.05) is 30.3 Å². The topological polar surface area (TPSA) is 50.7 Å². The normalized spacial score (nSPS) is 13.5. The van der Waals surface area contributed by atoms with Crippen LogP contribution in [-0.4, -0.2) is 12.3 Å². The molecular formula is C13H12N2O2. The molecule has 0 aromatic heterocycles. The van der Waals surface area contributed by atoms with E-state index in [0.717, 1.165) is 5.56 Å². The highest BCUT2D eigenvalue weighted by Crippen LogP contribution is 2.03. The van der Waals surface area contributed by atoms with Gasteiger partial charge in [0.15, 0.2) is 6.40 Å². The molecule has 1 aromatic carbocycles. The maximum Gasteiger partial charge on any atom is 0.253 e. The summed E-state index contributed by atoms with van der Waals surface area (Å²) in [6.07, 6.45) is 5.73. The molecule has 0 fully saturated rings. The van der Waals surface area contributed by atoms with Crippen LogP contribution in [0.1, 0.15) is 5.56 Å². The number of hydrogen-bond acceptors (Lipinski definition) is 3. The Morgan fingerprint density at radius 3 is 2.94 bits per heavy atom. The molecule has 0 saturated carbocycles. The van der Waals surface area contributed by atoms with Crippen LogP contribution in [0.2, 0.25) is 0 Å². The first-order valence-electron chi connectivity index (χ1n) is 5.22. The predicted octanol–water partition coefficient (Wildman–Crippen LogP) is 1.76. The third-order valence-electron chi connectivity index (χ3n) is 2.22. The second-order valence-corrected chi connectivity index (χ2v) is 3.45. The smallest absolute Gasteiger partial charge is 0.253 e. The van der Waals surface area contributed by atoms with Gasteiger partial charge in [0.2, 0.25) is 0 Å². The molecule has 1 aromatic rings. The number of benzene rings is 1. The fourth-order valence-electron chi connectivity index (χ4n) is 1.35. The summed E-state index contributed by atoms with van der Waals surface area (Å²) in [6, 6.07) is 9.72. The molecule has 2 rings (SSSR count). The number of carbonyl (C=O) groups is 1. The van der Waals surface area contributed by atoms with E-state index in [2.05, 4.69) is 10.3 Å². The maximum absolute atomic E-state index is 11.8. The highest BCUT2D eigenvalue weighted by atomic mass is 16.5. The van der Waals surface area contributed by atoms with Crippen molar-refractivity contribution in [1.82, 2.24) is 5.32 Å². The number of ether oxygens (including phenoxy) is 1. The van der Waals surface area contributed by atoms with Crippen molar-refractivity contribution in [2.75, 3.05) is 0 Å². The van der Waals surface area contributed by atoms with E-state index in [1.807, 2.05) is 30.3 Å². The second kappa shape index (κ2) is 5.65. The molecule has 86 valence electrons. The number of amides is 1. The maximum atomic E-state index is 11.8. The highest BCUT2D eigenvalue weighted by Gasteiger charge is 2.06. The Hall–Kier alpha value is -2.36. The first-order valence-corrected chi connectivity index (χ1v) is 5.22. The van der Waals surface area contributed by atoms with Crippen molar-refractivity contribution < 1.29 is 9.53 Å². The number of carbonyl (C=O) groups excluding carboxylic acids is 1. The van der Waals surface area contributed by atoms with Crippen LogP contribution < -0.4 is 5.32 Å². The summed E-state index contributed by atoms with van der Waals surface area (Å²) in [5, 5.41) is 2.81. The Bertz CT molecular complexity index is 475. The molecule has 0 atom stereocenters. The minimum Gasteiger partial charge on any atom is -0.453 e. The third-order valence-corrected chi connectivity index (χ3v) is 2.22. The number of hydrogen-bond donors (Lipinski definition) is 1. The molecule has 0 spiro atoms. The van der Waals surface area contributed by atoms with E-state index in [1.54, 1.807) is 6.08 Å². The van der Waals surface area contributed by atoms with Crippen LogP contribution in [0.3, 0.4) is 0 Å². The van der Waals surface area contributed by atoms with Gasteiger partial charge in [0.1, 0.15) is 0 Å². The zero-order chi connectivity index (χ0) is 11.9. The van der Waals surface area contributed by atoms with E-state index in [1.165, 1.54) is 18.9 Å². The Morgan fingerprint density at radius 1 is 1.29 bits per heavy atom. The number of aliphatic imine (C=N–C) groups is 1. The lowest BCUT2D eigenvalue weighted by Gasteiger charge is -2.04. The van der Waals surface area contributed by atoms with Gasteiger partial charge in [-0.3, -0.25) is 4.79 Å². The molecule has 1 amide bonds. The summed E-state index contributed by atoms with van der Waals surface area (Å²) in [5.41, 5.74) is 1.52. The van der Waals surface area contributed by atoms with E-state index in [4.69, 9.17) is 4.74 Å². The van der Waals surface area contributed by atoms with Crippen LogP contribution in [0.25, 0.3) is 0 Å². The molecule has 0 bridgehead atoms. The summed E-state index contributed by atoms with van der Waals surface area (Å²) >= 11 is 0. The zero-order valence-corrected chi connectivity index (χ0v) is 9.17. The quantitative estimate of drug-likeness (QED) is 0.857. The van der Waals surface area contributed by atoms with Crippen molar-refractivity contribution in [3.05, 3.63) is 60.0 Å². The van der Waals surface area contributed by atoms with Gasteiger partial charge in [0.25, 0.3) is 5.91 Å². The molecule has 0 radical (unpaired) electrons. The van der Waals surface area contributed by atoms with Gasteiger partial charge in [-0.05, 0) is 11.6 Å². The SMILES string of the molecule is O=C(NCc1ccccc1)C1=CN=COC=C1. The lowest BCUT2D eigenvalue weighted by molar-refractivity contribution is -0.117. The zero-order valence-electron chi connectivity index (χ0n) is 9.17. The standard InChI is InChI=1S/C13H12N2O2/c16-13(12-6-7-17-10-14-9-12)15-8-11-4-2-1-3-5-11/h1-7,9-10H,8H2,(H,15,16). The Kier molecular flexibility index (Phi) is 3.70. The Balaban J connectivity index is 1.94. The molecule has 1 heterocycles. The van der Waals surface area contributed by atoms with Crippen LogP contribution in [-0.2, 0) is 16.1 Å². The van der Waals surface area contributed by atoms with E-state index < -0.39 is 0 Å². The lowest BCUT2D eigenvalue weighted by Crippen LogP contribution is -2.23. The average molecular weight is 228 g/mol. The van der Waals surface area contributed by atoms with Gasteiger partial charge >= 0.3 is 0 Å². The van der Waals surface area contributed by atoms with Gasteiger partial charge in [-0.25, -0.2) is 4.99 Å². The summed E-state index contributed by atoms with van der Waals surface area (Å²) in [7, 11) is 0. The first-order chi connectivity index (χ1) is 8.36. The molecule has 0 aliphatic carbocycles. The molecule has 4 heteroatoms. The van der Waals surface area contributed by atoms with Gasteiger partial charge in [-0.2, -0.15) is 0 Å². The molecule has 1 aliphatic heterocycles. The molecule has 1 N–H and O–H groups in total. The minimum atomic E-state index is -0.173. The van der Waals surface area contributed by atoms with Gasteiger partial charge in [-0.15, -0.1) is 0 Å². The number of rotatable bonds is 3. The van der Waals surface area contributed by atoms with E-state index in [-0.39, 0.29) is 5.91 Å². The van der Waals surface area contributed by atoms with Crippen LogP contribution in [0.5, 0.6) is 0 Å². The molecule has 0 saturated heterocycles. The van der Waals surface area contributed by atoms with Gasteiger partial charge in [0.05, 0.1) is 11.8 Å². The van der Waals surface area contributed by atoms with Crippen molar-refractivity contribution in [2.24, 2.45) is 4.99 Å².